The van der Waals surface area contributed by atoms with E-state index in [0.717, 1.165) is 10.3 Å². The van der Waals surface area contributed by atoms with Crippen LogP contribution >= 0.6 is 15.9 Å². The van der Waals surface area contributed by atoms with Crippen molar-refractivity contribution in [2.24, 2.45) is 0 Å². The molecule has 0 bridgehead atoms. The second-order valence-corrected chi connectivity index (χ2v) is 4.65. The van der Waals surface area contributed by atoms with Crippen molar-refractivity contribution < 1.29 is 0 Å². The maximum atomic E-state index is 5.46. The summed E-state index contributed by atoms with van der Waals surface area (Å²) in [5.41, 5.74) is 5.42. The topological polar surface area (TPSA) is 63.8 Å². The van der Waals surface area contributed by atoms with Crippen LogP contribution in [-0.4, -0.2) is 15.5 Å². The number of hydrogen-bond donors (Lipinski definition) is 2. The summed E-state index contributed by atoms with van der Waals surface area (Å²) in [5, 5.41) is 3.21. The van der Waals surface area contributed by atoms with E-state index in [1.165, 1.54) is 0 Å². The highest BCUT2D eigenvalue weighted by Crippen LogP contribution is 2.22. The molecule has 13 heavy (non-hydrogen) atoms. The van der Waals surface area contributed by atoms with Gasteiger partial charge in [0.2, 0.25) is 5.95 Å². The molecule has 0 amide bonds. The molecule has 0 fully saturated rings. The van der Waals surface area contributed by atoms with Crippen molar-refractivity contribution in [3.05, 3.63) is 10.7 Å². The Morgan fingerprint density at radius 1 is 1.46 bits per heavy atom. The molecule has 72 valence electrons. The molecule has 0 spiro atoms. The number of aromatic nitrogens is 2. The Kier molecular flexibility index (Phi) is 2.75. The fourth-order valence-corrected chi connectivity index (χ4v) is 1.11. The predicted molar refractivity (Wildman–Crippen MR) is 57.5 cm³/mol. The van der Waals surface area contributed by atoms with E-state index in [0.29, 0.717) is 0 Å². The van der Waals surface area contributed by atoms with Crippen molar-refractivity contribution in [1.29, 1.82) is 0 Å². The van der Waals surface area contributed by atoms with Gasteiger partial charge in [-0.05, 0) is 36.7 Å². The number of nitrogen functional groups attached to an aromatic ring is 1. The quantitative estimate of drug-likeness (QED) is 0.794. The van der Waals surface area contributed by atoms with Crippen molar-refractivity contribution in [3.63, 3.8) is 0 Å². The van der Waals surface area contributed by atoms with Gasteiger partial charge in [-0.15, -0.1) is 0 Å². The lowest BCUT2D eigenvalue weighted by atomic mass is 10.1. The van der Waals surface area contributed by atoms with Crippen molar-refractivity contribution in [2.45, 2.75) is 26.3 Å². The van der Waals surface area contributed by atoms with E-state index in [1.807, 2.05) is 0 Å². The highest BCUT2D eigenvalue weighted by atomic mass is 79.9. The first kappa shape index (κ1) is 10.2. The third kappa shape index (κ3) is 3.18. The first-order valence-electron chi connectivity index (χ1n) is 3.95. The van der Waals surface area contributed by atoms with Crippen molar-refractivity contribution in [1.82, 2.24) is 9.97 Å². The smallest absolute Gasteiger partial charge is 0.221 e. The van der Waals surface area contributed by atoms with E-state index in [1.54, 1.807) is 6.20 Å². The van der Waals surface area contributed by atoms with Gasteiger partial charge in [-0.25, -0.2) is 4.98 Å². The zero-order valence-electron chi connectivity index (χ0n) is 7.93. The highest BCUT2D eigenvalue weighted by molar-refractivity contribution is 9.10. The minimum atomic E-state index is -0.0384. The molecule has 0 unspecified atom stereocenters. The average molecular weight is 245 g/mol. The van der Waals surface area contributed by atoms with E-state index < -0.39 is 0 Å². The largest absolute Gasteiger partial charge is 0.368 e. The monoisotopic (exact) mass is 244 g/mol. The lowest BCUT2D eigenvalue weighted by Crippen LogP contribution is -2.27. The predicted octanol–water partition coefficient (Wildman–Crippen LogP) is 2.03. The summed E-state index contributed by atoms with van der Waals surface area (Å²) in [6.45, 7) is 6.16. The molecule has 5 heteroatoms. The summed E-state index contributed by atoms with van der Waals surface area (Å²) < 4.78 is 0.816. The molecule has 0 saturated carbocycles. The SMILES string of the molecule is CC(C)(C)Nc1nc(N)ncc1Br. The van der Waals surface area contributed by atoms with Crippen LogP contribution in [-0.2, 0) is 0 Å². The molecule has 3 N–H and O–H groups in total. The minimum absolute atomic E-state index is 0.0384. The standard InChI is InChI=1S/C8H13BrN4/c1-8(2,3)13-6-5(9)4-11-7(10)12-6/h4H,1-3H3,(H3,10,11,12,13). The molecule has 0 saturated heterocycles. The molecule has 0 aromatic carbocycles. The van der Waals surface area contributed by atoms with Crippen LogP contribution in [0.4, 0.5) is 11.8 Å². The lowest BCUT2D eigenvalue weighted by molar-refractivity contribution is 0.629. The second-order valence-electron chi connectivity index (χ2n) is 3.80. The third-order valence-electron chi connectivity index (χ3n) is 1.26. The Balaban J connectivity index is 2.94. The average Bonchev–Trinajstić information content (AvgIpc) is 1.94. The Hall–Kier alpha value is -0.840. The van der Waals surface area contributed by atoms with Crippen LogP contribution in [0.15, 0.2) is 10.7 Å². The molecule has 0 atom stereocenters. The zero-order chi connectivity index (χ0) is 10.1. The summed E-state index contributed by atoms with van der Waals surface area (Å²) in [6.07, 6.45) is 1.64. The van der Waals surface area contributed by atoms with E-state index in [-0.39, 0.29) is 11.5 Å². The summed E-state index contributed by atoms with van der Waals surface area (Å²) in [4.78, 5) is 7.92. The van der Waals surface area contributed by atoms with Crippen LogP contribution in [0.1, 0.15) is 20.8 Å². The minimum Gasteiger partial charge on any atom is -0.368 e. The lowest BCUT2D eigenvalue weighted by Gasteiger charge is -2.21. The summed E-state index contributed by atoms with van der Waals surface area (Å²) in [5.74, 6) is 0.995. The Labute approximate surface area is 86.1 Å². The summed E-state index contributed by atoms with van der Waals surface area (Å²) in [7, 11) is 0. The van der Waals surface area contributed by atoms with E-state index in [4.69, 9.17) is 5.73 Å². The molecule has 1 aromatic heterocycles. The van der Waals surface area contributed by atoms with Gasteiger partial charge in [0.05, 0.1) is 4.47 Å². The maximum Gasteiger partial charge on any atom is 0.221 e. The molecule has 1 aromatic rings. The van der Waals surface area contributed by atoms with Gasteiger partial charge >= 0.3 is 0 Å². The number of halogens is 1. The first-order chi connectivity index (χ1) is 5.88. The Morgan fingerprint density at radius 3 is 2.62 bits per heavy atom. The normalized spacial score (nSPS) is 11.4. The fraction of sp³-hybridized carbons (Fsp3) is 0.500. The number of hydrogen-bond acceptors (Lipinski definition) is 4. The maximum absolute atomic E-state index is 5.46. The molecule has 1 rings (SSSR count). The number of rotatable bonds is 1. The first-order valence-corrected chi connectivity index (χ1v) is 4.74. The van der Waals surface area contributed by atoms with Gasteiger partial charge in [0.25, 0.3) is 0 Å². The van der Waals surface area contributed by atoms with Crippen LogP contribution in [0.3, 0.4) is 0 Å². The second kappa shape index (κ2) is 3.49. The van der Waals surface area contributed by atoms with Crippen molar-refractivity contribution >= 4 is 27.7 Å². The van der Waals surface area contributed by atoms with Gasteiger partial charge in [-0.1, -0.05) is 0 Å². The molecule has 0 aliphatic carbocycles. The molecule has 0 aliphatic rings. The number of nitrogens with two attached hydrogens (primary N) is 1. The van der Waals surface area contributed by atoms with Crippen LogP contribution in [0, 0.1) is 0 Å². The molecular weight excluding hydrogens is 232 g/mol. The van der Waals surface area contributed by atoms with Crippen LogP contribution < -0.4 is 11.1 Å². The fourth-order valence-electron chi connectivity index (χ4n) is 0.824. The Bertz CT molecular complexity index is 306. The van der Waals surface area contributed by atoms with E-state index in [2.05, 4.69) is 52.0 Å². The molecule has 0 aliphatic heterocycles. The van der Waals surface area contributed by atoms with Gasteiger partial charge in [0.15, 0.2) is 0 Å². The molecule has 0 radical (unpaired) electrons. The zero-order valence-corrected chi connectivity index (χ0v) is 9.51. The van der Waals surface area contributed by atoms with Crippen LogP contribution in [0.25, 0.3) is 0 Å². The number of nitrogens with one attached hydrogen (secondary N) is 1. The molecular formula is C8H13BrN4. The highest BCUT2D eigenvalue weighted by Gasteiger charge is 2.12. The molecule has 1 heterocycles. The summed E-state index contributed by atoms with van der Waals surface area (Å²) >= 11 is 3.34. The van der Waals surface area contributed by atoms with E-state index in [9.17, 15) is 0 Å². The van der Waals surface area contributed by atoms with Crippen molar-refractivity contribution in [3.8, 4) is 0 Å². The van der Waals surface area contributed by atoms with Crippen molar-refractivity contribution in [2.75, 3.05) is 11.1 Å². The van der Waals surface area contributed by atoms with Gasteiger partial charge in [-0.3, -0.25) is 0 Å². The van der Waals surface area contributed by atoms with Crippen LogP contribution in [0.2, 0.25) is 0 Å². The summed E-state index contributed by atoms with van der Waals surface area (Å²) in [6, 6.07) is 0. The number of anilines is 2. The Morgan fingerprint density at radius 2 is 2.08 bits per heavy atom. The van der Waals surface area contributed by atoms with Gasteiger partial charge < -0.3 is 11.1 Å². The van der Waals surface area contributed by atoms with Gasteiger partial charge in [0, 0.05) is 11.7 Å². The number of nitrogens with zero attached hydrogens (tertiary/aromatic N) is 2. The van der Waals surface area contributed by atoms with Crippen LogP contribution in [0.5, 0.6) is 0 Å². The van der Waals surface area contributed by atoms with E-state index >= 15 is 0 Å². The van der Waals surface area contributed by atoms with Gasteiger partial charge in [0.1, 0.15) is 5.82 Å². The molecule has 4 nitrogen and oxygen atoms in total. The van der Waals surface area contributed by atoms with Gasteiger partial charge in [-0.2, -0.15) is 4.98 Å². The third-order valence-corrected chi connectivity index (χ3v) is 1.84.